The van der Waals surface area contributed by atoms with Gasteiger partial charge in [0.25, 0.3) is 5.78 Å². The van der Waals surface area contributed by atoms with Crippen LogP contribution >= 0.6 is 11.8 Å². The van der Waals surface area contributed by atoms with Crippen LogP contribution in [0.3, 0.4) is 0 Å². The minimum Gasteiger partial charge on any atom is -0.462 e. The fourth-order valence-electron chi connectivity index (χ4n) is 1.93. The zero-order valence-corrected chi connectivity index (χ0v) is 14.1. The summed E-state index contributed by atoms with van der Waals surface area (Å²) in [7, 11) is 3.81. The van der Waals surface area contributed by atoms with E-state index in [2.05, 4.69) is 15.1 Å². The molecule has 7 nitrogen and oxygen atoms in total. The highest BCUT2D eigenvalue weighted by Gasteiger charge is 2.21. The quantitative estimate of drug-likeness (QED) is 0.615. The van der Waals surface area contributed by atoms with Gasteiger partial charge in [-0.15, -0.1) is 5.10 Å². The molecule has 0 spiro atoms. The third-order valence-corrected chi connectivity index (χ3v) is 3.42. The van der Waals surface area contributed by atoms with Crippen molar-refractivity contribution in [2.24, 2.45) is 0 Å². The lowest BCUT2D eigenvalue weighted by Crippen LogP contribution is -2.14. The Hall–Kier alpha value is -2.09. The fraction of sp³-hybridized carbons (Fsp3) is 0.429. The molecule has 0 aliphatic rings. The lowest BCUT2D eigenvalue weighted by Gasteiger charge is -2.11. The van der Waals surface area contributed by atoms with Crippen LogP contribution in [-0.4, -0.2) is 57.4 Å². The molecule has 2 heterocycles. The Kier molecular flexibility index (Phi) is 5.02. The van der Waals surface area contributed by atoms with Crippen LogP contribution in [0.15, 0.2) is 11.4 Å². The van der Waals surface area contributed by atoms with Gasteiger partial charge in [-0.3, -0.25) is 0 Å². The molecule has 0 saturated heterocycles. The van der Waals surface area contributed by atoms with Crippen LogP contribution in [0.25, 0.3) is 11.9 Å². The van der Waals surface area contributed by atoms with E-state index < -0.39 is 5.97 Å². The number of hydrogen-bond acceptors (Lipinski definition) is 7. The third kappa shape index (κ3) is 3.22. The number of rotatable bonds is 5. The second kappa shape index (κ2) is 6.78. The van der Waals surface area contributed by atoms with Crippen molar-refractivity contribution in [3.05, 3.63) is 23.2 Å². The third-order valence-electron chi connectivity index (χ3n) is 2.88. The number of fused-ring (bicyclic) bond motifs is 1. The maximum Gasteiger partial charge on any atom is 0.342 e. The zero-order chi connectivity index (χ0) is 16.3. The molecular weight excluding hydrogens is 302 g/mol. The molecule has 0 amide bonds. The van der Waals surface area contributed by atoms with E-state index in [-0.39, 0.29) is 0 Å². The predicted molar refractivity (Wildman–Crippen MR) is 86.0 cm³/mol. The van der Waals surface area contributed by atoms with Gasteiger partial charge in [0.05, 0.1) is 18.0 Å². The summed E-state index contributed by atoms with van der Waals surface area (Å²) in [6.07, 6.45) is 5.55. The summed E-state index contributed by atoms with van der Waals surface area (Å²) >= 11 is 1.42. The van der Waals surface area contributed by atoms with Gasteiger partial charge in [-0.05, 0) is 26.2 Å². The second-order valence-electron chi connectivity index (χ2n) is 4.77. The van der Waals surface area contributed by atoms with Crippen LogP contribution in [0, 0.1) is 6.92 Å². The van der Waals surface area contributed by atoms with E-state index in [0.29, 0.717) is 34.5 Å². The van der Waals surface area contributed by atoms with Gasteiger partial charge in [-0.2, -0.15) is 9.50 Å². The highest BCUT2D eigenvalue weighted by molar-refractivity contribution is 7.98. The maximum atomic E-state index is 12.3. The molecule has 8 heteroatoms. The highest BCUT2D eigenvalue weighted by atomic mass is 32.2. The molecule has 22 heavy (non-hydrogen) atoms. The van der Waals surface area contributed by atoms with Crippen LogP contribution in [0.5, 0.6) is 0 Å². The van der Waals surface area contributed by atoms with Crippen molar-refractivity contribution in [1.82, 2.24) is 24.5 Å². The number of esters is 1. The molecule has 0 fully saturated rings. The van der Waals surface area contributed by atoms with Gasteiger partial charge in [-0.25, -0.2) is 9.78 Å². The van der Waals surface area contributed by atoms with Crippen molar-refractivity contribution in [3.63, 3.8) is 0 Å². The molecular formula is C14H19N5O2S. The smallest absolute Gasteiger partial charge is 0.342 e. The molecule has 0 unspecified atom stereocenters. The van der Waals surface area contributed by atoms with Crippen LogP contribution in [0.4, 0.5) is 0 Å². The van der Waals surface area contributed by atoms with Gasteiger partial charge in [0.15, 0.2) is 0 Å². The number of hydrogen-bond donors (Lipinski definition) is 0. The van der Waals surface area contributed by atoms with Crippen LogP contribution < -0.4 is 0 Å². The largest absolute Gasteiger partial charge is 0.462 e. The van der Waals surface area contributed by atoms with Crippen molar-refractivity contribution in [3.8, 4) is 0 Å². The first-order valence-corrected chi connectivity index (χ1v) is 8.03. The van der Waals surface area contributed by atoms with Gasteiger partial charge in [-0.1, -0.05) is 11.8 Å². The van der Waals surface area contributed by atoms with Crippen molar-refractivity contribution >= 4 is 29.6 Å². The monoisotopic (exact) mass is 321 g/mol. The molecule has 2 aromatic heterocycles. The number of carbonyl (C=O) groups excluding carboxylic acids is 1. The summed E-state index contributed by atoms with van der Waals surface area (Å²) in [6, 6.07) is 0. The van der Waals surface area contributed by atoms with Crippen LogP contribution in [0.1, 0.15) is 28.7 Å². The number of thioether (sulfide) groups is 1. The molecule has 2 aromatic rings. The second-order valence-corrected chi connectivity index (χ2v) is 5.54. The van der Waals surface area contributed by atoms with Crippen molar-refractivity contribution in [2.45, 2.75) is 19.0 Å². The molecule has 0 atom stereocenters. The summed E-state index contributed by atoms with van der Waals surface area (Å²) < 4.78 is 6.72. The summed E-state index contributed by atoms with van der Waals surface area (Å²) in [4.78, 5) is 22.8. The first-order chi connectivity index (χ1) is 10.5. The summed E-state index contributed by atoms with van der Waals surface area (Å²) in [5, 5.41) is 4.99. The first kappa shape index (κ1) is 16.3. The lowest BCUT2D eigenvalue weighted by molar-refractivity contribution is 0.0524. The van der Waals surface area contributed by atoms with Crippen molar-refractivity contribution < 1.29 is 9.53 Å². The van der Waals surface area contributed by atoms with Crippen LogP contribution in [-0.2, 0) is 4.74 Å². The van der Waals surface area contributed by atoms with E-state index in [0.717, 1.165) is 0 Å². The van der Waals surface area contributed by atoms with Crippen molar-refractivity contribution in [1.29, 1.82) is 0 Å². The van der Waals surface area contributed by atoms with Crippen LogP contribution in [0.2, 0.25) is 0 Å². The minimum atomic E-state index is -0.408. The standard InChI is InChI=1S/C14H19N5O2S/c1-6-21-12(20)11-9(2)15-13-16-14(22-5)17-19(13)10(11)7-8-18(3)4/h7-8H,6H2,1-5H3. The van der Waals surface area contributed by atoms with Gasteiger partial charge in [0, 0.05) is 20.3 Å². The molecule has 0 N–H and O–H groups in total. The van der Waals surface area contributed by atoms with E-state index in [4.69, 9.17) is 4.74 Å². The summed E-state index contributed by atoms with van der Waals surface area (Å²) in [5.74, 6) is 0.0577. The Morgan fingerprint density at radius 3 is 2.73 bits per heavy atom. The summed E-state index contributed by atoms with van der Waals surface area (Å²) in [6.45, 7) is 3.85. The van der Waals surface area contributed by atoms with Gasteiger partial charge < -0.3 is 9.64 Å². The SMILES string of the molecule is CCOC(=O)c1c(C)nc2nc(SC)nn2c1C=CN(C)C. The molecule has 0 radical (unpaired) electrons. The Bertz CT molecular complexity index is 724. The first-order valence-electron chi connectivity index (χ1n) is 6.81. The number of nitrogens with zero attached hydrogens (tertiary/aromatic N) is 5. The Morgan fingerprint density at radius 1 is 1.41 bits per heavy atom. The van der Waals surface area contributed by atoms with Gasteiger partial charge in [0.1, 0.15) is 5.56 Å². The number of aromatic nitrogens is 4. The van der Waals surface area contributed by atoms with E-state index >= 15 is 0 Å². The Labute approximate surface area is 133 Å². The minimum absolute atomic E-state index is 0.306. The number of aryl methyl sites for hydroxylation is 1. The topological polar surface area (TPSA) is 72.6 Å². The van der Waals surface area contributed by atoms with E-state index in [1.807, 2.05) is 37.5 Å². The molecule has 118 valence electrons. The zero-order valence-electron chi connectivity index (χ0n) is 13.3. The van der Waals surface area contributed by atoms with Gasteiger partial charge >= 0.3 is 5.97 Å². The fourth-order valence-corrected chi connectivity index (χ4v) is 2.27. The highest BCUT2D eigenvalue weighted by Crippen LogP contribution is 2.19. The average molecular weight is 321 g/mol. The molecule has 2 rings (SSSR count). The number of ether oxygens (including phenoxy) is 1. The van der Waals surface area contributed by atoms with Crippen molar-refractivity contribution in [2.75, 3.05) is 27.0 Å². The summed E-state index contributed by atoms with van der Waals surface area (Å²) in [5.41, 5.74) is 1.59. The molecule has 0 aliphatic carbocycles. The number of carbonyl (C=O) groups is 1. The lowest BCUT2D eigenvalue weighted by atomic mass is 10.1. The molecule has 0 aliphatic heterocycles. The molecule has 0 saturated carbocycles. The predicted octanol–water partition coefficient (Wildman–Crippen LogP) is 1.86. The normalized spacial score (nSPS) is 11.3. The Balaban J connectivity index is 2.72. The van der Waals surface area contributed by atoms with E-state index in [1.54, 1.807) is 18.4 Å². The molecule has 0 aromatic carbocycles. The molecule has 0 bridgehead atoms. The maximum absolute atomic E-state index is 12.3. The average Bonchev–Trinajstić information content (AvgIpc) is 2.86. The Morgan fingerprint density at radius 2 is 2.14 bits per heavy atom. The van der Waals surface area contributed by atoms with Gasteiger partial charge in [0.2, 0.25) is 5.16 Å². The van der Waals surface area contributed by atoms with E-state index in [1.165, 1.54) is 11.8 Å². The van der Waals surface area contributed by atoms with E-state index in [9.17, 15) is 4.79 Å².